The van der Waals surface area contributed by atoms with Gasteiger partial charge in [0.1, 0.15) is 23.0 Å². The highest BCUT2D eigenvalue weighted by molar-refractivity contribution is 8.14. The second kappa shape index (κ2) is 14.9. The summed E-state index contributed by atoms with van der Waals surface area (Å²) in [5.41, 5.74) is 3.12. The summed E-state index contributed by atoms with van der Waals surface area (Å²) in [5, 5.41) is -0.305. The third-order valence-corrected chi connectivity index (χ3v) is 8.23. The van der Waals surface area contributed by atoms with E-state index < -0.39 is 5.25 Å². The van der Waals surface area contributed by atoms with Crippen molar-refractivity contribution in [3.05, 3.63) is 83.4 Å². The maximum Gasteiger partial charge on any atom is 0.190 e. The Hall–Kier alpha value is -3.25. The molecule has 0 amide bonds. The van der Waals surface area contributed by atoms with Gasteiger partial charge in [-0.2, -0.15) is 0 Å². The van der Waals surface area contributed by atoms with Crippen LogP contribution in [-0.4, -0.2) is 24.1 Å². The van der Waals surface area contributed by atoms with Gasteiger partial charge in [0.2, 0.25) is 0 Å². The van der Waals surface area contributed by atoms with E-state index in [1.807, 2.05) is 61.5 Å². The maximum atomic E-state index is 13.0. The second-order valence-electron chi connectivity index (χ2n) is 10.2. The standard InChI is InChI=1S/C34H40O5S/c1-4-11-25-21-27(34-33(36)24(6-3)23-32(35)40-34)15-17-30(25)37-19-10-20-38-31-18-16-29(22-26(31)12-5-2)39-28-13-8-7-9-14-28/h7-9,13-18,21-22,24,34H,4-6,10-12,19-20,23H2,1-3H3. The number of hydrogen-bond acceptors (Lipinski definition) is 6. The second-order valence-corrected chi connectivity index (χ2v) is 11.3. The largest absolute Gasteiger partial charge is 0.493 e. The fourth-order valence-electron chi connectivity index (χ4n) is 4.97. The van der Waals surface area contributed by atoms with Gasteiger partial charge in [-0.15, -0.1) is 0 Å². The van der Waals surface area contributed by atoms with Crippen molar-refractivity contribution in [3.63, 3.8) is 0 Å². The number of Topliss-reactive ketones (excluding diaryl/α,β-unsaturated/α-hetero) is 1. The quantitative estimate of drug-likeness (QED) is 0.184. The van der Waals surface area contributed by atoms with E-state index in [1.165, 1.54) is 11.8 Å². The van der Waals surface area contributed by atoms with Crippen LogP contribution in [0.15, 0.2) is 66.7 Å². The number of benzene rings is 3. The Morgan fingerprint density at radius 3 is 2.08 bits per heavy atom. The number of ketones is 1. The highest BCUT2D eigenvalue weighted by atomic mass is 32.2. The van der Waals surface area contributed by atoms with Gasteiger partial charge in [0.05, 0.1) is 18.5 Å². The van der Waals surface area contributed by atoms with E-state index in [0.717, 1.165) is 71.8 Å². The molecule has 0 radical (unpaired) electrons. The van der Waals surface area contributed by atoms with Crippen LogP contribution in [0.4, 0.5) is 0 Å². The summed E-state index contributed by atoms with van der Waals surface area (Å²) >= 11 is 1.17. The molecule has 1 aliphatic heterocycles. The van der Waals surface area contributed by atoms with Crippen LogP contribution in [0.25, 0.3) is 0 Å². The third kappa shape index (κ3) is 7.91. The van der Waals surface area contributed by atoms with E-state index in [0.29, 0.717) is 26.1 Å². The van der Waals surface area contributed by atoms with Crippen molar-refractivity contribution in [1.82, 2.24) is 0 Å². The molecule has 3 aromatic rings. The number of hydrogen-bond donors (Lipinski definition) is 0. The molecule has 5 nitrogen and oxygen atoms in total. The molecule has 6 heteroatoms. The number of rotatable bonds is 14. The van der Waals surface area contributed by atoms with E-state index in [-0.39, 0.29) is 16.8 Å². The zero-order valence-corrected chi connectivity index (χ0v) is 24.6. The molecule has 2 atom stereocenters. The summed E-state index contributed by atoms with van der Waals surface area (Å²) in [7, 11) is 0. The first-order valence-corrected chi connectivity index (χ1v) is 15.4. The van der Waals surface area contributed by atoms with Gasteiger partial charge in [-0.3, -0.25) is 9.59 Å². The maximum absolute atomic E-state index is 13.0. The molecule has 0 spiro atoms. The molecule has 0 bridgehead atoms. The van der Waals surface area contributed by atoms with Crippen molar-refractivity contribution in [2.24, 2.45) is 5.92 Å². The van der Waals surface area contributed by atoms with Crippen LogP contribution in [0.2, 0.25) is 0 Å². The Morgan fingerprint density at radius 1 is 0.775 bits per heavy atom. The zero-order valence-electron chi connectivity index (χ0n) is 23.8. The van der Waals surface area contributed by atoms with Crippen LogP contribution < -0.4 is 14.2 Å². The molecule has 212 valence electrons. The van der Waals surface area contributed by atoms with Gasteiger partial charge >= 0.3 is 0 Å². The van der Waals surface area contributed by atoms with Crippen LogP contribution in [0.1, 0.15) is 74.8 Å². The lowest BCUT2D eigenvalue weighted by molar-refractivity contribution is -0.126. The van der Waals surface area contributed by atoms with Crippen molar-refractivity contribution < 1.29 is 23.8 Å². The predicted octanol–water partition coefficient (Wildman–Crippen LogP) is 8.53. The molecule has 0 aliphatic carbocycles. The van der Waals surface area contributed by atoms with Crippen molar-refractivity contribution in [2.45, 2.75) is 71.0 Å². The van der Waals surface area contributed by atoms with E-state index in [1.54, 1.807) is 0 Å². The highest BCUT2D eigenvalue weighted by Crippen LogP contribution is 2.41. The predicted molar refractivity (Wildman–Crippen MR) is 162 cm³/mol. The molecule has 1 saturated heterocycles. The fourth-order valence-corrected chi connectivity index (χ4v) is 6.12. The molecule has 4 rings (SSSR count). The minimum Gasteiger partial charge on any atom is -0.493 e. The summed E-state index contributed by atoms with van der Waals surface area (Å²) < 4.78 is 18.3. The lowest BCUT2D eigenvalue weighted by Gasteiger charge is -2.26. The average molecular weight is 561 g/mol. The van der Waals surface area contributed by atoms with Crippen LogP contribution in [0.3, 0.4) is 0 Å². The molecule has 1 heterocycles. The number of carbonyl (C=O) groups excluding carboxylic acids is 2. The van der Waals surface area contributed by atoms with E-state index in [9.17, 15) is 9.59 Å². The minimum absolute atomic E-state index is 0.106. The van der Waals surface area contributed by atoms with Gasteiger partial charge in [0, 0.05) is 18.8 Å². The van der Waals surface area contributed by atoms with Crippen molar-refractivity contribution in [2.75, 3.05) is 13.2 Å². The first kappa shape index (κ1) is 29.7. The van der Waals surface area contributed by atoms with Gasteiger partial charge in [0.25, 0.3) is 0 Å². The van der Waals surface area contributed by atoms with E-state index in [4.69, 9.17) is 14.2 Å². The molecule has 2 unspecified atom stereocenters. The fraction of sp³-hybridized carbons (Fsp3) is 0.412. The molecule has 1 fully saturated rings. The number of thioether (sulfide) groups is 1. The van der Waals surface area contributed by atoms with Crippen LogP contribution in [0.5, 0.6) is 23.0 Å². The average Bonchev–Trinajstić information content (AvgIpc) is 2.96. The lowest BCUT2D eigenvalue weighted by Crippen LogP contribution is -2.28. The summed E-state index contributed by atoms with van der Waals surface area (Å²) in [6.45, 7) is 7.34. The Bertz CT molecular complexity index is 1270. The summed E-state index contributed by atoms with van der Waals surface area (Å²) in [6, 6.07) is 21.7. The van der Waals surface area contributed by atoms with Gasteiger partial charge in [0.15, 0.2) is 10.9 Å². The Morgan fingerprint density at radius 2 is 1.43 bits per heavy atom. The van der Waals surface area contributed by atoms with Crippen molar-refractivity contribution >= 4 is 22.7 Å². The highest BCUT2D eigenvalue weighted by Gasteiger charge is 2.36. The monoisotopic (exact) mass is 560 g/mol. The molecule has 3 aromatic carbocycles. The molecule has 0 N–H and O–H groups in total. The summed E-state index contributed by atoms with van der Waals surface area (Å²) in [6.07, 6.45) is 5.55. The van der Waals surface area contributed by atoms with Gasteiger partial charge in [-0.25, -0.2) is 0 Å². The topological polar surface area (TPSA) is 61.8 Å². The van der Waals surface area contributed by atoms with Gasteiger partial charge < -0.3 is 14.2 Å². The number of para-hydroxylation sites is 1. The molecule has 0 aromatic heterocycles. The third-order valence-electron chi connectivity index (χ3n) is 7.06. The van der Waals surface area contributed by atoms with Crippen molar-refractivity contribution in [3.8, 4) is 23.0 Å². The Labute approximate surface area is 242 Å². The van der Waals surface area contributed by atoms with Crippen LogP contribution in [-0.2, 0) is 22.4 Å². The lowest BCUT2D eigenvalue weighted by atomic mass is 9.91. The zero-order chi connectivity index (χ0) is 28.3. The minimum atomic E-state index is -0.411. The Kier molecular flexibility index (Phi) is 11.1. The number of ether oxygens (including phenoxy) is 3. The number of carbonyl (C=O) groups is 2. The molecule has 0 saturated carbocycles. The summed E-state index contributed by atoms with van der Waals surface area (Å²) in [4.78, 5) is 25.2. The van der Waals surface area contributed by atoms with Gasteiger partial charge in [-0.1, -0.05) is 75.7 Å². The summed E-state index contributed by atoms with van der Waals surface area (Å²) in [5.74, 6) is 3.34. The first-order valence-electron chi connectivity index (χ1n) is 14.5. The first-order chi connectivity index (χ1) is 19.5. The van der Waals surface area contributed by atoms with E-state index >= 15 is 0 Å². The van der Waals surface area contributed by atoms with E-state index in [2.05, 4.69) is 26.0 Å². The Balaban J connectivity index is 1.33. The molecule has 1 aliphatic rings. The number of aryl methyl sites for hydroxylation is 2. The van der Waals surface area contributed by atoms with Crippen LogP contribution >= 0.6 is 11.8 Å². The molecular weight excluding hydrogens is 520 g/mol. The van der Waals surface area contributed by atoms with Crippen molar-refractivity contribution in [1.29, 1.82) is 0 Å². The molecule has 40 heavy (non-hydrogen) atoms. The SMILES string of the molecule is CCCc1cc(Oc2ccccc2)ccc1OCCCOc1ccc(C2SC(=O)CC(CC)C2=O)cc1CCC. The molecular formula is C34H40O5S. The van der Waals surface area contributed by atoms with Gasteiger partial charge in [-0.05, 0) is 72.4 Å². The smallest absolute Gasteiger partial charge is 0.190 e. The normalized spacial score (nSPS) is 17.1. The van der Waals surface area contributed by atoms with Crippen LogP contribution in [0, 0.1) is 5.92 Å².